The second kappa shape index (κ2) is 7.90. The quantitative estimate of drug-likeness (QED) is 0.619. The van der Waals surface area contributed by atoms with Crippen molar-refractivity contribution in [3.05, 3.63) is 74.7 Å². The molecule has 132 valence electrons. The van der Waals surface area contributed by atoms with Gasteiger partial charge in [-0.2, -0.15) is 0 Å². The molecule has 0 aliphatic carbocycles. The van der Waals surface area contributed by atoms with Crippen LogP contribution in [-0.2, 0) is 0 Å². The zero-order chi connectivity index (χ0) is 18.7. The number of nitrogens with zero attached hydrogens (tertiary/aromatic N) is 2. The maximum Gasteiger partial charge on any atom is 0.286 e. The summed E-state index contributed by atoms with van der Waals surface area (Å²) >= 11 is 12.8. The molecule has 26 heavy (non-hydrogen) atoms. The van der Waals surface area contributed by atoms with Gasteiger partial charge in [-0.25, -0.2) is 8.78 Å². The Hall–Kier alpha value is -2.35. The number of amides is 1. The van der Waals surface area contributed by atoms with Gasteiger partial charge in [0, 0.05) is 16.3 Å². The van der Waals surface area contributed by atoms with E-state index in [1.54, 1.807) is 24.3 Å². The van der Waals surface area contributed by atoms with Crippen molar-refractivity contribution in [1.82, 2.24) is 10.2 Å². The Bertz CT molecular complexity index is 990. The van der Waals surface area contributed by atoms with Crippen LogP contribution < -0.4 is 5.32 Å². The molecule has 0 fully saturated rings. The molecule has 0 unspecified atom stereocenters. The van der Waals surface area contributed by atoms with E-state index in [1.807, 2.05) is 0 Å². The topological polar surface area (TPSA) is 54.9 Å². The first-order chi connectivity index (χ1) is 12.4. The van der Waals surface area contributed by atoms with Gasteiger partial charge >= 0.3 is 0 Å². The van der Waals surface area contributed by atoms with Crippen LogP contribution >= 0.6 is 34.5 Å². The first-order valence-electron chi connectivity index (χ1n) is 7.16. The molecule has 0 saturated carbocycles. The SMILES string of the molecule is O=C(Nc1ccc(Cl)cc1)c1nnc(/C(Cl)=C\c2cccc(F)c2F)s1. The highest BCUT2D eigenvalue weighted by molar-refractivity contribution is 7.15. The number of halogens is 4. The molecule has 0 saturated heterocycles. The van der Waals surface area contributed by atoms with Crippen molar-refractivity contribution in [1.29, 1.82) is 0 Å². The van der Waals surface area contributed by atoms with Gasteiger partial charge in [0.15, 0.2) is 16.6 Å². The Morgan fingerprint density at radius 1 is 1.08 bits per heavy atom. The molecule has 0 aliphatic rings. The van der Waals surface area contributed by atoms with E-state index in [1.165, 1.54) is 18.2 Å². The predicted octanol–water partition coefficient (Wildman–Crippen LogP) is 5.46. The Labute approximate surface area is 161 Å². The highest BCUT2D eigenvalue weighted by Gasteiger charge is 2.15. The van der Waals surface area contributed by atoms with E-state index >= 15 is 0 Å². The van der Waals surface area contributed by atoms with Gasteiger partial charge in [-0.3, -0.25) is 4.79 Å². The molecule has 0 radical (unpaired) electrons. The Morgan fingerprint density at radius 3 is 2.50 bits per heavy atom. The first-order valence-corrected chi connectivity index (χ1v) is 8.73. The van der Waals surface area contributed by atoms with Gasteiger partial charge in [0.1, 0.15) is 0 Å². The summed E-state index contributed by atoms with van der Waals surface area (Å²) in [5.74, 6) is -2.48. The van der Waals surface area contributed by atoms with Gasteiger partial charge in [-0.1, -0.05) is 46.7 Å². The van der Waals surface area contributed by atoms with Gasteiger partial charge in [-0.15, -0.1) is 10.2 Å². The fourth-order valence-electron chi connectivity index (χ4n) is 1.96. The number of carbonyl (C=O) groups excluding carboxylic acids is 1. The van der Waals surface area contributed by atoms with E-state index in [0.29, 0.717) is 10.7 Å². The maximum absolute atomic E-state index is 13.7. The minimum Gasteiger partial charge on any atom is -0.320 e. The second-order valence-electron chi connectivity index (χ2n) is 5.01. The largest absolute Gasteiger partial charge is 0.320 e. The van der Waals surface area contributed by atoms with Gasteiger partial charge < -0.3 is 5.32 Å². The van der Waals surface area contributed by atoms with Crippen LogP contribution in [0.4, 0.5) is 14.5 Å². The number of anilines is 1. The van der Waals surface area contributed by atoms with Gasteiger partial charge in [0.25, 0.3) is 5.91 Å². The summed E-state index contributed by atoms with van der Waals surface area (Å²) in [6, 6.07) is 10.3. The van der Waals surface area contributed by atoms with Crippen molar-refractivity contribution >= 4 is 57.2 Å². The van der Waals surface area contributed by atoms with Gasteiger partial charge in [0.05, 0.1) is 5.03 Å². The van der Waals surface area contributed by atoms with Crippen LogP contribution in [0, 0.1) is 11.6 Å². The lowest BCUT2D eigenvalue weighted by Gasteiger charge is -2.01. The molecule has 0 spiro atoms. The highest BCUT2D eigenvalue weighted by Crippen LogP contribution is 2.27. The fraction of sp³-hybridized carbons (Fsp3) is 0. The lowest BCUT2D eigenvalue weighted by atomic mass is 10.2. The van der Waals surface area contributed by atoms with E-state index < -0.39 is 17.5 Å². The molecule has 1 heterocycles. The molecule has 1 amide bonds. The van der Waals surface area contributed by atoms with Gasteiger partial charge in [-0.05, 0) is 36.4 Å². The normalized spacial score (nSPS) is 11.5. The molecular formula is C17H9Cl2F2N3OS. The molecule has 9 heteroatoms. The average molecular weight is 412 g/mol. The van der Waals surface area contributed by atoms with Crippen LogP contribution in [0.3, 0.4) is 0 Å². The molecule has 0 aliphatic heterocycles. The summed E-state index contributed by atoms with van der Waals surface area (Å²) in [4.78, 5) is 12.2. The van der Waals surface area contributed by atoms with E-state index in [0.717, 1.165) is 17.4 Å². The van der Waals surface area contributed by atoms with E-state index in [9.17, 15) is 13.6 Å². The van der Waals surface area contributed by atoms with Crippen LogP contribution in [0.15, 0.2) is 42.5 Å². The standard InChI is InChI=1S/C17H9Cl2F2N3OS/c18-10-4-6-11(7-5-10)22-15(25)17-24-23-16(26-17)12(19)8-9-2-1-3-13(20)14(9)21/h1-8H,(H,22,25)/b12-8+. The molecule has 1 N–H and O–H groups in total. The van der Waals surface area contributed by atoms with Crippen LogP contribution in [0.2, 0.25) is 5.02 Å². The molecule has 4 nitrogen and oxygen atoms in total. The smallest absolute Gasteiger partial charge is 0.286 e. The Balaban J connectivity index is 1.78. The van der Waals surface area contributed by atoms with Crippen molar-refractivity contribution in [2.45, 2.75) is 0 Å². The third-order valence-corrected chi connectivity index (χ3v) is 4.80. The predicted molar refractivity (Wildman–Crippen MR) is 99.4 cm³/mol. The maximum atomic E-state index is 13.7. The van der Waals surface area contributed by atoms with Crippen molar-refractivity contribution in [2.75, 3.05) is 5.32 Å². The molecule has 1 aromatic heterocycles. The number of hydrogen-bond donors (Lipinski definition) is 1. The monoisotopic (exact) mass is 411 g/mol. The lowest BCUT2D eigenvalue weighted by molar-refractivity contribution is 0.102. The van der Waals surface area contributed by atoms with Crippen molar-refractivity contribution in [2.24, 2.45) is 0 Å². The van der Waals surface area contributed by atoms with Crippen LogP contribution in [0.5, 0.6) is 0 Å². The molecule has 2 aromatic carbocycles. The molecular weight excluding hydrogens is 403 g/mol. The molecule has 0 bridgehead atoms. The Kier molecular flexibility index (Phi) is 5.61. The molecule has 3 rings (SSSR count). The number of nitrogens with one attached hydrogen (secondary N) is 1. The Morgan fingerprint density at radius 2 is 1.77 bits per heavy atom. The lowest BCUT2D eigenvalue weighted by Crippen LogP contribution is -2.11. The summed E-state index contributed by atoms with van der Waals surface area (Å²) in [5, 5.41) is 11.1. The number of aromatic nitrogens is 2. The van der Waals surface area contributed by atoms with Crippen LogP contribution in [-0.4, -0.2) is 16.1 Å². The van der Waals surface area contributed by atoms with Crippen LogP contribution in [0.1, 0.15) is 20.4 Å². The summed E-state index contributed by atoms with van der Waals surface area (Å²) in [7, 11) is 0. The third kappa shape index (κ3) is 4.24. The number of hydrogen-bond acceptors (Lipinski definition) is 4. The minimum atomic E-state index is -1.02. The summed E-state index contributed by atoms with van der Waals surface area (Å²) in [5.41, 5.74) is 0.511. The van der Waals surface area contributed by atoms with Crippen molar-refractivity contribution < 1.29 is 13.6 Å². The zero-order valence-electron chi connectivity index (χ0n) is 12.8. The number of benzene rings is 2. The fourth-order valence-corrected chi connectivity index (χ4v) is 3.00. The van der Waals surface area contributed by atoms with E-state index in [4.69, 9.17) is 23.2 Å². The minimum absolute atomic E-state index is 0.0302. The van der Waals surface area contributed by atoms with Crippen LogP contribution in [0.25, 0.3) is 11.1 Å². The molecule has 3 aromatic rings. The first kappa shape index (κ1) is 18.4. The summed E-state index contributed by atoms with van der Waals surface area (Å²) in [6.07, 6.45) is 1.22. The summed E-state index contributed by atoms with van der Waals surface area (Å²) < 4.78 is 26.9. The molecule has 0 atom stereocenters. The van der Waals surface area contributed by atoms with Gasteiger partial charge in [0.2, 0.25) is 5.01 Å². The van der Waals surface area contributed by atoms with E-state index in [2.05, 4.69) is 15.5 Å². The summed E-state index contributed by atoms with van der Waals surface area (Å²) in [6.45, 7) is 0. The average Bonchev–Trinajstić information content (AvgIpc) is 3.11. The zero-order valence-corrected chi connectivity index (χ0v) is 15.2. The number of carbonyl (C=O) groups is 1. The highest BCUT2D eigenvalue weighted by atomic mass is 35.5. The number of rotatable bonds is 4. The third-order valence-electron chi connectivity index (χ3n) is 3.19. The van der Waals surface area contributed by atoms with Crippen molar-refractivity contribution in [3.8, 4) is 0 Å². The van der Waals surface area contributed by atoms with Crippen molar-refractivity contribution in [3.63, 3.8) is 0 Å². The van der Waals surface area contributed by atoms with E-state index in [-0.39, 0.29) is 20.6 Å². The second-order valence-corrected chi connectivity index (χ2v) is 6.83.